The fourth-order valence-corrected chi connectivity index (χ4v) is 4.50. The normalized spacial score (nSPS) is 14.6. The number of hydrogen-bond acceptors (Lipinski definition) is 6. The number of anilines is 2. The van der Waals surface area contributed by atoms with Crippen molar-refractivity contribution in [1.29, 1.82) is 0 Å². The number of urea groups is 1. The number of ether oxygens (including phenoxy) is 1. The van der Waals surface area contributed by atoms with Gasteiger partial charge in [0.05, 0.1) is 24.2 Å². The van der Waals surface area contributed by atoms with Crippen LogP contribution >= 0.6 is 0 Å². The van der Waals surface area contributed by atoms with Crippen LogP contribution in [0.2, 0.25) is 0 Å². The number of carbonyl (C=O) groups excluding carboxylic acids is 3. The highest BCUT2D eigenvalue weighted by Gasteiger charge is 2.31. The highest BCUT2D eigenvalue weighted by molar-refractivity contribution is 7.89. The van der Waals surface area contributed by atoms with Gasteiger partial charge in [0.15, 0.2) is 9.84 Å². The van der Waals surface area contributed by atoms with Gasteiger partial charge in [-0.15, -0.1) is 0 Å². The molecule has 4 amide bonds. The van der Waals surface area contributed by atoms with Gasteiger partial charge in [0.2, 0.25) is 5.91 Å². The van der Waals surface area contributed by atoms with Crippen LogP contribution in [0.4, 0.5) is 16.2 Å². The van der Waals surface area contributed by atoms with E-state index in [0.717, 1.165) is 11.2 Å². The van der Waals surface area contributed by atoms with Gasteiger partial charge in [-0.1, -0.05) is 32.9 Å². The predicted molar refractivity (Wildman–Crippen MR) is 130 cm³/mol. The van der Waals surface area contributed by atoms with Gasteiger partial charge in [0.25, 0.3) is 5.91 Å². The zero-order valence-electron chi connectivity index (χ0n) is 19.9. The van der Waals surface area contributed by atoms with Crippen LogP contribution in [0.25, 0.3) is 0 Å². The molecule has 9 nitrogen and oxygen atoms in total. The van der Waals surface area contributed by atoms with Gasteiger partial charge < -0.3 is 15.4 Å². The van der Waals surface area contributed by atoms with Crippen LogP contribution in [0.3, 0.4) is 0 Å². The van der Waals surface area contributed by atoms with E-state index in [4.69, 9.17) is 4.74 Å². The van der Waals surface area contributed by atoms with Crippen molar-refractivity contribution in [2.75, 3.05) is 30.1 Å². The second kappa shape index (κ2) is 9.46. The second-order valence-electron chi connectivity index (χ2n) is 9.26. The van der Waals surface area contributed by atoms with Crippen molar-refractivity contribution in [2.24, 2.45) is 0 Å². The molecule has 34 heavy (non-hydrogen) atoms. The van der Waals surface area contributed by atoms with Gasteiger partial charge >= 0.3 is 6.03 Å². The minimum Gasteiger partial charge on any atom is -0.494 e. The second-order valence-corrected chi connectivity index (χ2v) is 11.4. The number of imide groups is 1. The maximum Gasteiger partial charge on any atom is 0.328 e. The first kappa shape index (κ1) is 25.2. The largest absolute Gasteiger partial charge is 0.494 e. The third-order valence-electron chi connectivity index (χ3n) is 5.30. The molecular weight excluding hydrogens is 458 g/mol. The molecule has 1 saturated heterocycles. The fraction of sp³-hybridized carbons (Fsp3) is 0.375. The first-order valence-electron chi connectivity index (χ1n) is 10.7. The van der Waals surface area contributed by atoms with Crippen molar-refractivity contribution in [3.8, 4) is 5.75 Å². The standard InChI is InChI=1S/C24H29N3O6S/c1-24(2,3)18-12-17(27-20(28)10-11-25-23(27)30)13-19(21(18)33-4)26-22(29)16-8-6-15(7-9-16)14-34(5,31)32/h6-9,12-13H,10-11,14H2,1-5H3,(H,25,30)(H,26,29). The summed E-state index contributed by atoms with van der Waals surface area (Å²) in [6.45, 7) is 6.14. The van der Waals surface area contributed by atoms with Gasteiger partial charge in [-0.3, -0.25) is 9.59 Å². The van der Waals surface area contributed by atoms with Crippen molar-refractivity contribution in [2.45, 2.75) is 38.4 Å². The number of benzene rings is 2. The van der Waals surface area contributed by atoms with Crippen molar-refractivity contribution >= 4 is 39.1 Å². The van der Waals surface area contributed by atoms with E-state index >= 15 is 0 Å². The molecule has 2 N–H and O–H groups in total. The average Bonchev–Trinajstić information content (AvgIpc) is 2.72. The van der Waals surface area contributed by atoms with E-state index < -0.39 is 27.2 Å². The molecule has 0 saturated carbocycles. The van der Waals surface area contributed by atoms with E-state index in [9.17, 15) is 22.8 Å². The molecule has 2 aromatic carbocycles. The summed E-state index contributed by atoms with van der Waals surface area (Å²) >= 11 is 0. The van der Waals surface area contributed by atoms with Crippen molar-refractivity contribution in [3.05, 3.63) is 53.1 Å². The van der Waals surface area contributed by atoms with E-state index in [1.807, 2.05) is 20.8 Å². The maximum atomic E-state index is 13.0. The van der Waals surface area contributed by atoms with Crippen LogP contribution in [-0.4, -0.2) is 46.2 Å². The molecular formula is C24H29N3O6S. The summed E-state index contributed by atoms with van der Waals surface area (Å²) in [6.07, 6.45) is 1.32. The maximum absolute atomic E-state index is 13.0. The summed E-state index contributed by atoms with van der Waals surface area (Å²) in [4.78, 5) is 39.0. The minimum atomic E-state index is -3.19. The smallest absolute Gasteiger partial charge is 0.328 e. The molecule has 0 atom stereocenters. The Balaban J connectivity index is 2.01. The highest BCUT2D eigenvalue weighted by atomic mass is 32.2. The minimum absolute atomic E-state index is 0.119. The Bertz CT molecular complexity index is 1210. The first-order valence-corrected chi connectivity index (χ1v) is 12.8. The number of carbonyl (C=O) groups is 3. The Morgan fingerprint density at radius 2 is 1.79 bits per heavy atom. The van der Waals surface area contributed by atoms with E-state index in [-0.39, 0.29) is 24.6 Å². The topological polar surface area (TPSA) is 122 Å². The first-order chi connectivity index (χ1) is 15.8. The van der Waals surface area contributed by atoms with Crippen molar-refractivity contribution < 1.29 is 27.5 Å². The Hall–Kier alpha value is -3.40. The van der Waals surface area contributed by atoms with E-state index in [2.05, 4.69) is 10.6 Å². The van der Waals surface area contributed by atoms with Crippen LogP contribution in [0.5, 0.6) is 5.75 Å². The molecule has 10 heteroatoms. The molecule has 1 heterocycles. The number of nitrogens with zero attached hydrogens (tertiary/aromatic N) is 1. The number of amides is 4. The fourth-order valence-electron chi connectivity index (χ4n) is 3.70. The SMILES string of the molecule is COc1c(NC(=O)c2ccc(CS(C)(=O)=O)cc2)cc(N2C(=O)CCNC2=O)cc1C(C)(C)C. The Kier molecular flexibility index (Phi) is 7.02. The lowest BCUT2D eigenvalue weighted by atomic mass is 9.85. The molecule has 0 unspecified atom stereocenters. The molecule has 0 aliphatic carbocycles. The number of methoxy groups -OCH3 is 1. The molecule has 182 valence electrons. The number of rotatable bonds is 6. The summed E-state index contributed by atoms with van der Waals surface area (Å²) in [5.74, 6) is -0.489. The lowest BCUT2D eigenvalue weighted by molar-refractivity contribution is -0.118. The van der Waals surface area contributed by atoms with Crippen molar-refractivity contribution in [1.82, 2.24) is 5.32 Å². The molecule has 1 aliphatic rings. The highest BCUT2D eigenvalue weighted by Crippen LogP contribution is 2.41. The number of hydrogen-bond donors (Lipinski definition) is 2. The van der Waals surface area contributed by atoms with E-state index in [1.165, 1.54) is 13.2 Å². The third-order valence-corrected chi connectivity index (χ3v) is 6.16. The summed E-state index contributed by atoms with van der Waals surface area (Å²) in [5, 5.41) is 5.48. The zero-order valence-corrected chi connectivity index (χ0v) is 20.7. The van der Waals surface area contributed by atoms with Gasteiger partial charge in [-0.25, -0.2) is 18.1 Å². The zero-order chi connectivity index (χ0) is 25.3. The van der Waals surface area contributed by atoms with Crippen LogP contribution < -0.4 is 20.3 Å². The summed E-state index contributed by atoms with van der Waals surface area (Å²) in [5.41, 5.74) is 1.80. The molecule has 0 spiro atoms. The number of sulfone groups is 1. The molecule has 2 aromatic rings. The Morgan fingerprint density at radius 3 is 2.32 bits per heavy atom. The van der Waals surface area contributed by atoms with E-state index in [0.29, 0.717) is 33.8 Å². The quantitative estimate of drug-likeness (QED) is 0.645. The Morgan fingerprint density at radius 1 is 1.15 bits per heavy atom. The van der Waals surface area contributed by atoms with Gasteiger partial charge in [0.1, 0.15) is 5.75 Å². The summed E-state index contributed by atoms with van der Waals surface area (Å²) in [6, 6.07) is 8.98. The number of nitrogens with one attached hydrogen (secondary N) is 2. The molecule has 0 bridgehead atoms. The van der Waals surface area contributed by atoms with Gasteiger partial charge in [-0.2, -0.15) is 0 Å². The van der Waals surface area contributed by atoms with Gasteiger partial charge in [-0.05, 0) is 35.2 Å². The molecule has 1 fully saturated rings. The van der Waals surface area contributed by atoms with Crippen molar-refractivity contribution in [3.63, 3.8) is 0 Å². The molecule has 3 rings (SSSR count). The van der Waals surface area contributed by atoms with Crippen LogP contribution in [0.1, 0.15) is 48.7 Å². The Labute approximate surface area is 199 Å². The average molecular weight is 488 g/mol. The summed E-state index contributed by atoms with van der Waals surface area (Å²) < 4.78 is 28.6. The van der Waals surface area contributed by atoms with Gasteiger partial charge in [0, 0.05) is 30.3 Å². The van der Waals surface area contributed by atoms with E-state index in [1.54, 1.807) is 30.3 Å². The summed E-state index contributed by atoms with van der Waals surface area (Å²) in [7, 11) is -1.71. The monoisotopic (exact) mass is 487 g/mol. The third kappa shape index (κ3) is 5.74. The van der Waals surface area contributed by atoms with Crippen LogP contribution in [0, 0.1) is 0 Å². The molecule has 0 radical (unpaired) electrons. The van der Waals surface area contributed by atoms with Crippen LogP contribution in [-0.2, 0) is 25.8 Å². The molecule has 0 aromatic heterocycles. The molecule has 1 aliphatic heterocycles. The van der Waals surface area contributed by atoms with Crippen LogP contribution in [0.15, 0.2) is 36.4 Å². The predicted octanol–water partition coefficient (Wildman–Crippen LogP) is 3.24. The lowest BCUT2D eigenvalue weighted by Crippen LogP contribution is -2.50. The lowest BCUT2D eigenvalue weighted by Gasteiger charge is -2.30.